The Hall–Kier alpha value is -1.67. The lowest BCUT2D eigenvalue weighted by molar-refractivity contribution is -0.144. The van der Waals surface area contributed by atoms with Crippen molar-refractivity contribution < 1.29 is 23.9 Å². The van der Waals surface area contributed by atoms with Crippen LogP contribution >= 0.6 is 0 Å². The molecule has 2 rings (SSSR count). The molecule has 0 aliphatic carbocycles. The van der Waals surface area contributed by atoms with Crippen molar-refractivity contribution in [1.29, 1.82) is 0 Å². The standard InChI is InChI=1S/C16H27N3O5/c1-23-16(22)3-2-14(20)18-6-8-19(9-7-18)15(21)4-5-17-10-12-24-13-11-17/h2-13H2,1H3. The van der Waals surface area contributed by atoms with Gasteiger partial charge in [0.25, 0.3) is 0 Å². The third-order valence-corrected chi connectivity index (χ3v) is 4.50. The summed E-state index contributed by atoms with van der Waals surface area (Å²) in [5.41, 5.74) is 0. The molecule has 2 fully saturated rings. The van der Waals surface area contributed by atoms with Crippen molar-refractivity contribution in [3.05, 3.63) is 0 Å². The van der Waals surface area contributed by atoms with Crippen LogP contribution in [0, 0.1) is 0 Å². The van der Waals surface area contributed by atoms with E-state index in [1.54, 1.807) is 4.90 Å². The molecule has 0 spiro atoms. The van der Waals surface area contributed by atoms with E-state index in [0.29, 0.717) is 32.6 Å². The maximum absolute atomic E-state index is 12.3. The van der Waals surface area contributed by atoms with Gasteiger partial charge in [-0.05, 0) is 0 Å². The fraction of sp³-hybridized carbons (Fsp3) is 0.812. The normalized spacial score (nSPS) is 19.2. The second-order valence-electron chi connectivity index (χ2n) is 6.04. The van der Waals surface area contributed by atoms with Crippen LogP contribution in [-0.2, 0) is 23.9 Å². The molecule has 2 saturated heterocycles. The number of hydrogen-bond donors (Lipinski definition) is 0. The molecule has 2 amide bonds. The topological polar surface area (TPSA) is 79.4 Å². The second kappa shape index (κ2) is 9.58. The SMILES string of the molecule is COC(=O)CCC(=O)N1CCN(C(=O)CCN2CCOCC2)CC1. The molecule has 0 radical (unpaired) electrons. The van der Waals surface area contributed by atoms with Gasteiger partial charge in [0.2, 0.25) is 11.8 Å². The van der Waals surface area contributed by atoms with Gasteiger partial charge in [0.1, 0.15) is 0 Å². The van der Waals surface area contributed by atoms with Gasteiger partial charge in [0.05, 0.1) is 26.7 Å². The summed E-state index contributed by atoms with van der Waals surface area (Å²) in [5, 5.41) is 0. The second-order valence-corrected chi connectivity index (χ2v) is 6.04. The third kappa shape index (κ3) is 5.76. The van der Waals surface area contributed by atoms with E-state index < -0.39 is 0 Å². The van der Waals surface area contributed by atoms with Crippen LogP contribution in [0.15, 0.2) is 0 Å². The van der Waals surface area contributed by atoms with Crippen LogP contribution in [0.2, 0.25) is 0 Å². The number of carbonyl (C=O) groups excluding carboxylic acids is 3. The summed E-state index contributed by atoms with van der Waals surface area (Å²) in [7, 11) is 1.31. The predicted octanol–water partition coefficient (Wildman–Crippen LogP) is -0.667. The van der Waals surface area contributed by atoms with E-state index in [0.717, 1.165) is 32.8 Å². The Kier molecular flexibility index (Phi) is 7.45. The smallest absolute Gasteiger partial charge is 0.306 e. The summed E-state index contributed by atoms with van der Waals surface area (Å²) in [6.07, 6.45) is 0.780. The Morgan fingerprint density at radius 2 is 1.38 bits per heavy atom. The highest BCUT2D eigenvalue weighted by Crippen LogP contribution is 2.08. The summed E-state index contributed by atoms with van der Waals surface area (Å²) in [4.78, 5) is 41.2. The Bertz CT molecular complexity index is 443. The van der Waals surface area contributed by atoms with E-state index in [-0.39, 0.29) is 30.6 Å². The van der Waals surface area contributed by atoms with Gasteiger partial charge in [-0.25, -0.2) is 0 Å². The lowest BCUT2D eigenvalue weighted by Gasteiger charge is -2.35. The first-order valence-electron chi connectivity index (χ1n) is 8.52. The summed E-state index contributed by atoms with van der Waals surface area (Å²) in [5.74, 6) is -0.288. The first kappa shape index (κ1) is 18.7. The Balaban J connectivity index is 1.64. The Morgan fingerprint density at radius 3 is 1.92 bits per heavy atom. The van der Waals surface area contributed by atoms with Crippen molar-refractivity contribution in [3.63, 3.8) is 0 Å². The van der Waals surface area contributed by atoms with Crippen molar-refractivity contribution in [2.45, 2.75) is 19.3 Å². The van der Waals surface area contributed by atoms with Gasteiger partial charge in [-0.3, -0.25) is 19.3 Å². The van der Waals surface area contributed by atoms with E-state index in [1.165, 1.54) is 7.11 Å². The van der Waals surface area contributed by atoms with Crippen molar-refractivity contribution in [2.75, 3.05) is 66.1 Å². The van der Waals surface area contributed by atoms with Crippen LogP contribution < -0.4 is 0 Å². The lowest BCUT2D eigenvalue weighted by atomic mass is 10.2. The molecule has 0 aromatic heterocycles. The van der Waals surface area contributed by atoms with E-state index in [9.17, 15) is 14.4 Å². The molecular formula is C16H27N3O5. The maximum Gasteiger partial charge on any atom is 0.306 e. The zero-order valence-corrected chi connectivity index (χ0v) is 14.4. The molecule has 2 aliphatic rings. The fourth-order valence-electron chi connectivity index (χ4n) is 2.91. The Labute approximate surface area is 142 Å². The molecule has 0 bridgehead atoms. The summed E-state index contributed by atoms with van der Waals surface area (Å²) >= 11 is 0. The van der Waals surface area contributed by atoms with Crippen LogP contribution in [0.4, 0.5) is 0 Å². The molecule has 0 atom stereocenters. The quantitative estimate of drug-likeness (QED) is 0.597. The van der Waals surface area contributed by atoms with E-state index in [2.05, 4.69) is 9.64 Å². The first-order valence-corrected chi connectivity index (χ1v) is 8.52. The van der Waals surface area contributed by atoms with Crippen LogP contribution in [-0.4, -0.2) is 98.6 Å². The molecule has 2 heterocycles. The molecular weight excluding hydrogens is 314 g/mol. The van der Waals surface area contributed by atoms with Crippen molar-refractivity contribution in [3.8, 4) is 0 Å². The van der Waals surface area contributed by atoms with Crippen molar-refractivity contribution >= 4 is 17.8 Å². The minimum Gasteiger partial charge on any atom is -0.469 e. The number of morpholine rings is 1. The van der Waals surface area contributed by atoms with Gasteiger partial charge in [-0.1, -0.05) is 0 Å². The highest BCUT2D eigenvalue weighted by Gasteiger charge is 2.24. The highest BCUT2D eigenvalue weighted by atomic mass is 16.5. The number of methoxy groups -OCH3 is 1. The number of rotatable bonds is 6. The van der Waals surface area contributed by atoms with Crippen molar-refractivity contribution in [2.24, 2.45) is 0 Å². The van der Waals surface area contributed by atoms with Gasteiger partial charge in [-0.15, -0.1) is 0 Å². The fourth-order valence-corrected chi connectivity index (χ4v) is 2.91. The first-order chi connectivity index (χ1) is 11.6. The Morgan fingerprint density at radius 1 is 0.833 bits per heavy atom. The van der Waals surface area contributed by atoms with E-state index in [1.807, 2.05) is 4.90 Å². The number of carbonyl (C=O) groups is 3. The van der Waals surface area contributed by atoms with Gasteiger partial charge in [0, 0.05) is 58.7 Å². The van der Waals surface area contributed by atoms with Crippen LogP contribution in [0.1, 0.15) is 19.3 Å². The third-order valence-electron chi connectivity index (χ3n) is 4.50. The molecule has 8 nitrogen and oxygen atoms in total. The molecule has 0 unspecified atom stereocenters. The zero-order chi connectivity index (χ0) is 17.4. The average Bonchev–Trinajstić information content (AvgIpc) is 2.64. The van der Waals surface area contributed by atoms with Gasteiger partial charge in [0.15, 0.2) is 0 Å². The number of esters is 1. The van der Waals surface area contributed by atoms with Gasteiger partial charge < -0.3 is 19.3 Å². The molecule has 24 heavy (non-hydrogen) atoms. The van der Waals surface area contributed by atoms with Crippen LogP contribution in [0.5, 0.6) is 0 Å². The van der Waals surface area contributed by atoms with E-state index in [4.69, 9.17) is 4.74 Å². The molecule has 8 heteroatoms. The summed E-state index contributed by atoms with van der Waals surface area (Å²) in [6.45, 7) is 6.19. The van der Waals surface area contributed by atoms with E-state index >= 15 is 0 Å². The number of hydrogen-bond acceptors (Lipinski definition) is 6. The largest absolute Gasteiger partial charge is 0.469 e. The minimum atomic E-state index is -0.375. The maximum atomic E-state index is 12.3. The van der Waals surface area contributed by atoms with Crippen LogP contribution in [0.3, 0.4) is 0 Å². The number of amides is 2. The summed E-state index contributed by atoms with van der Waals surface area (Å²) < 4.78 is 9.83. The minimum absolute atomic E-state index is 0.0548. The molecule has 0 N–H and O–H groups in total. The zero-order valence-electron chi connectivity index (χ0n) is 14.4. The number of nitrogens with zero attached hydrogens (tertiary/aromatic N) is 3. The van der Waals surface area contributed by atoms with Crippen molar-refractivity contribution in [1.82, 2.24) is 14.7 Å². The molecule has 0 saturated carbocycles. The predicted molar refractivity (Wildman–Crippen MR) is 86.3 cm³/mol. The monoisotopic (exact) mass is 341 g/mol. The lowest BCUT2D eigenvalue weighted by Crippen LogP contribution is -2.51. The molecule has 2 aliphatic heterocycles. The average molecular weight is 341 g/mol. The summed E-state index contributed by atoms with van der Waals surface area (Å²) in [6, 6.07) is 0. The molecule has 0 aromatic carbocycles. The van der Waals surface area contributed by atoms with Gasteiger partial charge in [-0.2, -0.15) is 0 Å². The number of ether oxygens (including phenoxy) is 2. The number of piperazine rings is 1. The molecule has 0 aromatic rings. The highest BCUT2D eigenvalue weighted by molar-refractivity contribution is 5.82. The van der Waals surface area contributed by atoms with Crippen LogP contribution in [0.25, 0.3) is 0 Å². The van der Waals surface area contributed by atoms with Gasteiger partial charge >= 0.3 is 5.97 Å². The molecule has 136 valence electrons.